The Balaban J connectivity index is 1.46. The molecule has 1 saturated heterocycles. The second kappa shape index (κ2) is 11.8. The van der Waals surface area contributed by atoms with Crippen LogP contribution in [0.2, 0.25) is 0 Å². The summed E-state index contributed by atoms with van der Waals surface area (Å²) in [5.74, 6) is -1.50. The van der Waals surface area contributed by atoms with Gasteiger partial charge in [-0.2, -0.15) is 0 Å². The zero-order valence-electron chi connectivity index (χ0n) is 22.6. The van der Waals surface area contributed by atoms with Crippen molar-refractivity contribution in [3.63, 3.8) is 0 Å². The Morgan fingerprint density at radius 1 is 0.975 bits per heavy atom. The van der Waals surface area contributed by atoms with Gasteiger partial charge < -0.3 is 20.4 Å². The van der Waals surface area contributed by atoms with Crippen LogP contribution in [0.15, 0.2) is 71.7 Å². The first-order valence-corrected chi connectivity index (χ1v) is 13.4. The van der Waals surface area contributed by atoms with E-state index in [-0.39, 0.29) is 17.7 Å². The van der Waals surface area contributed by atoms with Crippen molar-refractivity contribution < 1.29 is 18.8 Å². The zero-order valence-corrected chi connectivity index (χ0v) is 22.6. The maximum absolute atomic E-state index is 13.9. The number of anilines is 1. The number of nitrogens with one attached hydrogen (secondary N) is 2. The topological polar surface area (TPSA) is 94.1 Å². The largest absolute Gasteiger partial charge is 0.359 e. The minimum Gasteiger partial charge on any atom is -0.359 e. The minimum atomic E-state index is -0.737. The SMILES string of the molecule is CNC(=O)CCc1ccc(C(=Nc2ccc(C(=O)N3CCN(C)CC3)cc2)C2C(=O)Nc3cc(F)ccc32)cc1. The first kappa shape index (κ1) is 27.2. The van der Waals surface area contributed by atoms with Crippen LogP contribution in [0, 0.1) is 5.82 Å². The lowest BCUT2D eigenvalue weighted by Crippen LogP contribution is -2.47. The van der Waals surface area contributed by atoms with Gasteiger partial charge in [0.2, 0.25) is 11.8 Å². The number of likely N-dealkylation sites (N-methyl/N-ethyl adjacent to an activating group) is 1. The van der Waals surface area contributed by atoms with E-state index in [2.05, 4.69) is 15.5 Å². The van der Waals surface area contributed by atoms with Crippen molar-refractivity contribution in [3.8, 4) is 0 Å². The molecular formula is C31H32FN5O3. The molecule has 0 aromatic heterocycles. The number of benzene rings is 3. The summed E-state index contributed by atoms with van der Waals surface area (Å²) < 4.78 is 13.9. The molecule has 0 radical (unpaired) electrons. The molecule has 1 atom stereocenters. The third-order valence-electron chi connectivity index (χ3n) is 7.44. The molecule has 1 fully saturated rings. The number of carbonyl (C=O) groups is 3. The van der Waals surface area contributed by atoms with Gasteiger partial charge in [-0.05, 0) is 66.6 Å². The molecule has 3 aromatic carbocycles. The monoisotopic (exact) mass is 541 g/mol. The number of rotatable bonds is 7. The van der Waals surface area contributed by atoms with Crippen molar-refractivity contribution >= 4 is 34.8 Å². The highest BCUT2D eigenvalue weighted by Crippen LogP contribution is 2.37. The minimum absolute atomic E-state index is 0.0117. The summed E-state index contributed by atoms with van der Waals surface area (Å²) >= 11 is 0. The van der Waals surface area contributed by atoms with Crippen LogP contribution in [0.3, 0.4) is 0 Å². The smallest absolute Gasteiger partial charge is 0.253 e. The molecule has 2 heterocycles. The molecule has 9 heteroatoms. The van der Waals surface area contributed by atoms with Crippen LogP contribution in [0.25, 0.3) is 0 Å². The van der Waals surface area contributed by atoms with Gasteiger partial charge in [-0.3, -0.25) is 19.4 Å². The van der Waals surface area contributed by atoms with Crippen LogP contribution in [0.1, 0.15) is 39.4 Å². The van der Waals surface area contributed by atoms with E-state index in [9.17, 15) is 18.8 Å². The molecule has 2 N–H and O–H groups in total. The van der Waals surface area contributed by atoms with Crippen LogP contribution < -0.4 is 10.6 Å². The van der Waals surface area contributed by atoms with Gasteiger partial charge in [0, 0.05) is 50.9 Å². The maximum atomic E-state index is 13.9. The number of fused-ring (bicyclic) bond motifs is 1. The number of carbonyl (C=O) groups excluding carboxylic acids is 3. The fourth-order valence-corrected chi connectivity index (χ4v) is 5.04. The quantitative estimate of drug-likeness (QED) is 0.446. The van der Waals surface area contributed by atoms with Gasteiger partial charge in [0.25, 0.3) is 5.91 Å². The van der Waals surface area contributed by atoms with Crippen LogP contribution >= 0.6 is 0 Å². The van der Waals surface area contributed by atoms with Crippen LogP contribution in [0.5, 0.6) is 0 Å². The van der Waals surface area contributed by atoms with Gasteiger partial charge in [0.15, 0.2) is 0 Å². The lowest BCUT2D eigenvalue weighted by molar-refractivity contribution is -0.120. The molecule has 8 nitrogen and oxygen atoms in total. The highest BCUT2D eigenvalue weighted by atomic mass is 19.1. The van der Waals surface area contributed by atoms with E-state index >= 15 is 0 Å². The summed E-state index contributed by atoms with van der Waals surface area (Å²) in [5, 5.41) is 5.40. The van der Waals surface area contributed by atoms with Gasteiger partial charge >= 0.3 is 0 Å². The number of hydrogen-bond donors (Lipinski definition) is 2. The number of aryl methyl sites for hydroxylation is 1. The molecule has 2 aliphatic heterocycles. The summed E-state index contributed by atoms with van der Waals surface area (Å²) in [4.78, 5) is 46.7. The Kier molecular flexibility index (Phi) is 8.02. The molecule has 0 bridgehead atoms. The van der Waals surface area contributed by atoms with Crippen LogP contribution in [-0.2, 0) is 16.0 Å². The molecule has 0 spiro atoms. The Morgan fingerprint density at radius 3 is 2.33 bits per heavy atom. The molecule has 0 saturated carbocycles. The van der Waals surface area contributed by atoms with Crippen molar-refractivity contribution in [2.24, 2.45) is 4.99 Å². The van der Waals surface area contributed by atoms with Gasteiger partial charge in [-0.15, -0.1) is 0 Å². The zero-order chi connectivity index (χ0) is 28.2. The number of halogens is 1. The first-order chi connectivity index (χ1) is 19.3. The van der Waals surface area contributed by atoms with E-state index in [0.717, 1.165) is 24.2 Å². The van der Waals surface area contributed by atoms with Crippen molar-refractivity contribution in [3.05, 3.63) is 94.8 Å². The van der Waals surface area contributed by atoms with Gasteiger partial charge in [-0.1, -0.05) is 30.3 Å². The molecule has 40 heavy (non-hydrogen) atoms. The van der Waals surface area contributed by atoms with Gasteiger partial charge in [0.1, 0.15) is 11.7 Å². The summed E-state index contributed by atoms with van der Waals surface area (Å²) in [6, 6.07) is 18.9. The van der Waals surface area contributed by atoms with Crippen molar-refractivity contribution in [2.45, 2.75) is 18.8 Å². The highest BCUT2D eigenvalue weighted by molar-refractivity contribution is 6.24. The van der Waals surface area contributed by atoms with Gasteiger partial charge in [-0.25, -0.2) is 4.39 Å². The number of hydrogen-bond acceptors (Lipinski definition) is 5. The molecule has 2 aliphatic rings. The van der Waals surface area contributed by atoms with Crippen molar-refractivity contribution in [1.82, 2.24) is 15.1 Å². The Hall–Kier alpha value is -4.37. The molecule has 206 valence electrons. The number of nitrogens with zero attached hydrogens (tertiary/aromatic N) is 3. The highest BCUT2D eigenvalue weighted by Gasteiger charge is 2.35. The predicted octanol–water partition coefficient (Wildman–Crippen LogP) is 3.75. The molecule has 0 aliphatic carbocycles. The second-order valence-electron chi connectivity index (χ2n) is 10.2. The standard InChI is InChI=1S/C31H32FN5O3/c1-33-27(38)14-5-20-3-6-21(7-4-20)29(28-25-13-10-23(32)19-26(25)35-30(28)39)34-24-11-8-22(9-12-24)31(40)37-17-15-36(2)16-18-37/h3-4,6-13,19,28H,5,14-18H2,1-2H3,(H,33,38)(H,35,39). The fraction of sp³-hybridized carbons (Fsp3) is 0.290. The molecule has 3 aromatic rings. The van der Waals surface area contributed by atoms with E-state index in [1.807, 2.05) is 36.2 Å². The van der Waals surface area contributed by atoms with Crippen LogP contribution in [-0.4, -0.2) is 73.5 Å². The third-order valence-corrected chi connectivity index (χ3v) is 7.44. The number of aliphatic imine (C=N–C) groups is 1. The van der Waals surface area contributed by atoms with E-state index in [1.54, 1.807) is 37.4 Å². The normalized spacial score (nSPS) is 17.4. The lowest BCUT2D eigenvalue weighted by atomic mass is 9.90. The van der Waals surface area contributed by atoms with E-state index in [4.69, 9.17) is 4.99 Å². The number of amides is 3. The van der Waals surface area contributed by atoms with E-state index in [0.29, 0.717) is 54.1 Å². The third kappa shape index (κ3) is 5.94. The second-order valence-corrected chi connectivity index (χ2v) is 10.2. The Morgan fingerprint density at radius 2 is 1.65 bits per heavy atom. The van der Waals surface area contributed by atoms with Crippen molar-refractivity contribution in [1.29, 1.82) is 0 Å². The first-order valence-electron chi connectivity index (χ1n) is 13.4. The molecule has 5 rings (SSSR count). The molecular weight excluding hydrogens is 509 g/mol. The predicted molar refractivity (Wildman–Crippen MR) is 153 cm³/mol. The summed E-state index contributed by atoms with van der Waals surface area (Å²) in [6.07, 6.45) is 0.960. The average molecular weight is 542 g/mol. The van der Waals surface area contributed by atoms with Gasteiger partial charge in [0.05, 0.1) is 11.4 Å². The summed E-state index contributed by atoms with van der Waals surface area (Å²) in [5.41, 5.74) is 4.49. The molecule has 1 unspecified atom stereocenters. The van der Waals surface area contributed by atoms with Crippen LogP contribution in [0.4, 0.5) is 15.8 Å². The fourth-order valence-electron chi connectivity index (χ4n) is 5.04. The average Bonchev–Trinajstić information content (AvgIpc) is 3.29. The maximum Gasteiger partial charge on any atom is 0.253 e. The van der Waals surface area contributed by atoms with E-state index in [1.165, 1.54) is 12.1 Å². The Bertz CT molecular complexity index is 1440. The Labute approximate surface area is 232 Å². The summed E-state index contributed by atoms with van der Waals surface area (Å²) in [7, 11) is 3.66. The number of piperazine rings is 1. The van der Waals surface area contributed by atoms with E-state index < -0.39 is 11.7 Å². The summed E-state index contributed by atoms with van der Waals surface area (Å²) in [6.45, 7) is 3.07. The lowest BCUT2D eigenvalue weighted by Gasteiger charge is -2.32. The molecule has 3 amide bonds. The van der Waals surface area contributed by atoms with Crippen molar-refractivity contribution in [2.75, 3.05) is 45.6 Å².